The lowest BCUT2D eigenvalue weighted by atomic mass is 10.1. The van der Waals surface area contributed by atoms with E-state index in [0.29, 0.717) is 0 Å². The monoisotopic (exact) mass is 242 g/mol. The van der Waals surface area contributed by atoms with E-state index < -0.39 is 0 Å². The standard InChI is InChI=1S/C14H18N4/c1-2-6-12(5-1)11-16-13-7-3-8-15-14(13)18-10-4-9-17-18/h3-4,7-10,12,16H,1-2,5-6,11H2. The molecule has 4 nitrogen and oxygen atoms in total. The maximum atomic E-state index is 4.40. The normalized spacial score (nSPS) is 16.0. The van der Waals surface area contributed by atoms with Gasteiger partial charge in [-0.2, -0.15) is 5.10 Å². The van der Waals surface area contributed by atoms with Crippen molar-refractivity contribution in [2.75, 3.05) is 11.9 Å². The topological polar surface area (TPSA) is 42.7 Å². The molecule has 0 atom stereocenters. The summed E-state index contributed by atoms with van der Waals surface area (Å²) in [6, 6.07) is 5.94. The first-order chi connectivity index (χ1) is 8.93. The highest BCUT2D eigenvalue weighted by atomic mass is 15.3. The maximum Gasteiger partial charge on any atom is 0.176 e. The first-order valence-corrected chi connectivity index (χ1v) is 6.62. The van der Waals surface area contributed by atoms with Crippen LogP contribution in [0.4, 0.5) is 5.69 Å². The molecule has 2 aromatic heterocycles. The van der Waals surface area contributed by atoms with Crippen LogP contribution in [-0.2, 0) is 0 Å². The van der Waals surface area contributed by atoms with Crippen LogP contribution in [0.5, 0.6) is 0 Å². The zero-order valence-corrected chi connectivity index (χ0v) is 10.4. The third kappa shape index (κ3) is 2.37. The highest BCUT2D eigenvalue weighted by Crippen LogP contribution is 2.25. The summed E-state index contributed by atoms with van der Waals surface area (Å²) in [6.45, 7) is 1.04. The molecule has 0 aliphatic heterocycles. The van der Waals surface area contributed by atoms with Gasteiger partial charge in [-0.1, -0.05) is 12.8 Å². The van der Waals surface area contributed by atoms with Crippen LogP contribution in [0.2, 0.25) is 0 Å². The van der Waals surface area contributed by atoms with Crippen LogP contribution in [-0.4, -0.2) is 21.3 Å². The molecular weight excluding hydrogens is 224 g/mol. The van der Waals surface area contributed by atoms with Gasteiger partial charge in [0.05, 0.1) is 5.69 Å². The number of rotatable bonds is 4. The van der Waals surface area contributed by atoms with Gasteiger partial charge in [-0.15, -0.1) is 0 Å². The molecule has 1 aliphatic rings. The van der Waals surface area contributed by atoms with Crippen LogP contribution in [0.1, 0.15) is 25.7 Å². The summed E-state index contributed by atoms with van der Waals surface area (Å²) in [7, 11) is 0. The Morgan fingerprint density at radius 3 is 2.89 bits per heavy atom. The molecule has 94 valence electrons. The molecule has 0 amide bonds. The van der Waals surface area contributed by atoms with Crippen LogP contribution in [0.3, 0.4) is 0 Å². The van der Waals surface area contributed by atoms with Crippen molar-refractivity contribution < 1.29 is 0 Å². The molecule has 1 N–H and O–H groups in total. The molecule has 0 bridgehead atoms. The van der Waals surface area contributed by atoms with Crippen molar-refractivity contribution >= 4 is 5.69 Å². The first kappa shape index (κ1) is 11.3. The Balaban J connectivity index is 1.75. The van der Waals surface area contributed by atoms with E-state index in [1.807, 2.05) is 18.3 Å². The highest BCUT2D eigenvalue weighted by molar-refractivity contribution is 5.56. The molecule has 3 rings (SSSR count). The Kier molecular flexibility index (Phi) is 3.26. The average Bonchev–Trinajstić information content (AvgIpc) is 3.10. The predicted molar refractivity (Wildman–Crippen MR) is 71.8 cm³/mol. The van der Waals surface area contributed by atoms with E-state index >= 15 is 0 Å². The molecule has 1 fully saturated rings. The molecular formula is C14H18N4. The van der Waals surface area contributed by atoms with Crippen LogP contribution < -0.4 is 5.32 Å². The molecule has 0 unspecified atom stereocenters. The molecule has 2 heterocycles. The van der Waals surface area contributed by atoms with Gasteiger partial charge in [-0.05, 0) is 37.0 Å². The van der Waals surface area contributed by atoms with Gasteiger partial charge < -0.3 is 5.32 Å². The fourth-order valence-electron chi connectivity index (χ4n) is 2.58. The second-order valence-electron chi connectivity index (χ2n) is 4.86. The van der Waals surface area contributed by atoms with Gasteiger partial charge >= 0.3 is 0 Å². The lowest BCUT2D eigenvalue weighted by Crippen LogP contribution is -2.13. The molecule has 2 aromatic rings. The van der Waals surface area contributed by atoms with Gasteiger partial charge in [0, 0.05) is 25.1 Å². The molecule has 1 saturated carbocycles. The highest BCUT2D eigenvalue weighted by Gasteiger charge is 2.15. The zero-order valence-electron chi connectivity index (χ0n) is 10.4. The molecule has 0 aromatic carbocycles. The van der Waals surface area contributed by atoms with Crippen molar-refractivity contribution in [2.45, 2.75) is 25.7 Å². The summed E-state index contributed by atoms with van der Waals surface area (Å²) in [5.74, 6) is 1.69. The van der Waals surface area contributed by atoms with E-state index in [9.17, 15) is 0 Å². The van der Waals surface area contributed by atoms with E-state index in [4.69, 9.17) is 0 Å². The van der Waals surface area contributed by atoms with E-state index in [2.05, 4.69) is 21.5 Å². The lowest BCUT2D eigenvalue weighted by molar-refractivity contribution is 0.579. The minimum absolute atomic E-state index is 0.815. The minimum atomic E-state index is 0.815. The van der Waals surface area contributed by atoms with Gasteiger partial charge in [-0.25, -0.2) is 9.67 Å². The summed E-state index contributed by atoms with van der Waals surface area (Å²) in [5.41, 5.74) is 1.06. The first-order valence-electron chi connectivity index (χ1n) is 6.62. The Morgan fingerprint density at radius 2 is 2.11 bits per heavy atom. The fraction of sp³-hybridized carbons (Fsp3) is 0.429. The number of pyridine rings is 1. The summed E-state index contributed by atoms with van der Waals surface area (Å²) in [6.07, 6.45) is 11.0. The van der Waals surface area contributed by atoms with Gasteiger partial charge in [0.1, 0.15) is 0 Å². The second kappa shape index (κ2) is 5.21. The maximum absolute atomic E-state index is 4.40. The van der Waals surface area contributed by atoms with Crippen LogP contribution in [0.15, 0.2) is 36.8 Å². The Hall–Kier alpha value is -1.84. The fourth-order valence-corrected chi connectivity index (χ4v) is 2.58. The van der Waals surface area contributed by atoms with Crippen molar-refractivity contribution in [3.05, 3.63) is 36.8 Å². The molecule has 0 saturated heterocycles. The summed E-state index contributed by atoms with van der Waals surface area (Å²) >= 11 is 0. The van der Waals surface area contributed by atoms with Crippen molar-refractivity contribution in [3.8, 4) is 5.82 Å². The van der Waals surface area contributed by atoms with E-state index in [1.54, 1.807) is 17.1 Å². The number of hydrogen-bond acceptors (Lipinski definition) is 3. The second-order valence-corrected chi connectivity index (χ2v) is 4.86. The molecule has 1 aliphatic carbocycles. The molecule has 4 heteroatoms. The van der Waals surface area contributed by atoms with E-state index in [0.717, 1.165) is 24.0 Å². The van der Waals surface area contributed by atoms with Crippen molar-refractivity contribution in [1.29, 1.82) is 0 Å². The third-order valence-corrected chi connectivity index (χ3v) is 3.56. The van der Waals surface area contributed by atoms with Crippen LogP contribution in [0.25, 0.3) is 5.82 Å². The largest absolute Gasteiger partial charge is 0.382 e. The Morgan fingerprint density at radius 1 is 1.22 bits per heavy atom. The molecule has 0 spiro atoms. The Labute approximate surface area is 107 Å². The quantitative estimate of drug-likeness (QED) is 0.896. The number of aromatic nitrogens is 3. The van der Waals surface area contributed by atoms with Crippen molar-refractivity contribution in [2.24, 2.45) is 5.92 Å². The predicted octanol–water partition coefficient (Wildman–Crippen LogP) is 2.87. The van der Waals surface area contributed by atoms with Gasteiger partial charge in [0.15, 0.2) is 5.82 Å². The van der Waals surface area contributed by atoms with Gasteiger partial charge in [0.25, 0.3) is 0 Å². The molecule has 18 heavy (non-hydrogen) atoms. The van der Waals surface area contributed by atoms with Crippen LogP contribution in [0, 0.1) is 5.92 Å². The average molecular weight is 242 g/mol. The van der Waals surface area contributed by atoms with Gasteiger partial charge in [-0.3, -0.25) is 0 Å². The summed E-state index contributed by atoms with van der Waals surface area (Å²) < 4.78 is 1.80. The smallest absolute Gasteiger partial charge is 0.176 e. The van der Waals surface area contributed by atoms with E-state index in [1.165, 1.54) is 25.7 Å². The summed E-state index contributed by atoms with van der Waals surface area (Å²) in [5, 5.41) is 7.76. The minimum Gasteiger partial charge on any atom is -0.382 e. The SMILES string of the molecule is c1cnc(-n2cccn2)c(NCC2CCCC2)c1. The number of nitrogens with zero attached hydrogens (tertiary/aromatic N) is 3. The Bertz CT molecular complexity index is 486. The van der Waals surface area contributed by atoms with Gasteiger partial charge in [0.2, 0.25) is 0 Å². The number of hydrogen-bond donors (Lipinski definition) is 1. The lowest BCUT2D eigenvalue weighted by Gasteiger charge is -2.14. The third-order valence-electron chi connectivity index (χ3n) is 3.56. The van der Waals surface area contributed by atoms with Crippen molar-refractivity contribution in [3.63, 3.8) is 0 Å². The van der Waals surface area contributed by atoms with E-state index in [-0.39, 0.29) is 0 Å². The zero-order chi connectivity index (χ0) is 12.2. The van der Waals surface area contributed by atoms with Crippen LogP contribution >= 0.6 is 0 Å². The number of nitrogens with one attached hydrogen (secondary N) is 1. The summed E-state index contributed by atoms with van der Waals surface area (Å²) in [4.78, 5) is 4.40. The van der Waals surface area contributed by atoms with Crippen molar-refractivity contribution in [1.82, 2.24) is 14.8 Å². The number of anilines is 1. The molecule has 0 radical (unpaired) electrons.